The van der Waals surface area contributed by atoms with Crippen molar-refractivity contribution < 1.29 is 4.79 Å². The fraction of sp³-hybridized carbons (Fsp3) is 0.600. The van der Waals surface area contributed by atoms with Crippen molar-refractivity contribution in [2.45, 2.75) is 19.0 Å². The average Bonchev–Trinajstić information content (AvgIpc) is 2.57. The van der Waals surface area contributed by atoms with Gasteiger partial charge in [-0.2, -0.15) is 5.21 Å². The number of amides is 1. The number of nitrogens with two attached hydrogens (primary N) is 1. The maximum atomic E-state index is 11.1. The lowest BCUT2D eigenvalue weighted by Gasteiger charge is -2.40. The minimum absolute atomic E-state index is 0.0462. The molecule has 7 heteroatoms. The standard InChI is InChI=1S/C5H8N6O/c1-2-3(6)4(12)11(2)5-7-9-10-8-5/h2-3H,6H2,1H3,(H,7,8,9,10)/t2-,3+/m0/s1. The van der Waals surface area contributed by atoms with Crippen molar-refractivity contribution in [3.8, 4) is 0 Å². The number of rotatable bonds is 1. The molecule has 1 aliphatic heterocycles. The molecule has 0 spiro atoms. The van der Waals surface area contributed by atoms with Crippen LogP contribution in [0.5, 0.6) is 0 Å². The first-order chi connectivity index (χ1) is 5.72. The van der Waals surface area contributed by atoms with E-state index in [1.165, 1.54) is 4.90 Å². The maximum Gasteiger partial charge on any atom is 0.272 e. The van der Waals surface area contributed by atoms with E-state index in [-0.39, 0.29) is 17.9 Å². The van der Waals surface area contributed by atoms with Crippen molar-refractivity contribution in [2.75, 3.05) is 4.90 Å². The van der Waals surface area contributed by atoms with Crippen molar-refractivity contribution in [3.63, 3.8) is 0 Å². The molecule has 1 saturated heterocycles. The number of β-lactam (4-membered cyclic amide) rings is 1. The molecule has 1 fully saturated rings. The predicted molar refractivity (Wildman–Crippen MR) is 39.1 cm³/mol. The van der Waals surface area contributed by atoms with Gasteiger partial charge >= 0.3 is 0 Å². The maximum absolute atomic E-state index is 11.1. The SMILES string of the molecule is C[C@H]1[C@@H](N)C(=O)N1c1nn[nH]n1. The molecule has 1 aromatic heterocycles. The van der Waals surface area contributed by atoms with E-state index in [2.05, 4.69) is 20.6 Å². The molecular formula is C5H8N6O. The van der Waals surface area contributed by atoms with E-state index >= 15 is 0 Å². The second-order valence-electron chi connectivity index (χ2n) is 2.69. The molecule has 0 aromatic carbocycles. The zero-order valence-corrected chi connectivity index (χ0v) is 6.43. The number of carbonyl (C=O) groups is 1. The molecule has 64 valence electrons. The number of tetrazole rings is 1. The van der Waals surface area contributed by atoms with E-state index in [1.54, 1.807) is 0 Å². The quantitative estimate of drug-likeness (QED) is 0.485. The average molecular weight is 168 g/mol. The molecule has 12 heavy (non-hydrogen) atoms. The summed E-state index contributed by atoms with van der Waals surface area (Å²) in [6.45, 7) is 1.84. The monoisotopic (exact) mass is 168 g/mol. The number of aromatic amines is 1. The number of nitrogens with one attached hydrogen (secondary N) is 1. The van der Waals surface area contributed by atoms with Crippen molar-refractivity contribution in [2.24, 2.45) is 5.73 Å². The lowest BCUT2D eigenvalue weighted by atomic mass is 9.99. The minimum Gasteiger partial charge on any atom is -0.318 e. The number of hydrogen-bond acceptors (Lipinski definition) is 5. The zero-order valence-electron chi connectivity index (χ0n) is 6.43. The Kier molecular flexibility index (Phi) is 1.34. The highest BCUT2D eigenvalue weighted by Gasteiger charge is 2.44. The minimum atomic E-state index is -0.427. The number of hydrogen-bond donors (Lipinski definition) is 2. The van der Waals surface area contributed by atoms with Gasteiger partial charge < -0.3 is 5.73 Å². The van der Waals surface area contributed by atoms with Crippen molar-refractivity contribution in [1.82, 2.24) is 20.6 Å². The summed E-state index contributed by atoms with van der Waals surface area (Å²) in [7, 11) is 0. The third-order valence-electron chi connectivity index (χ3n) is 2.00. The first-order valence-corrected chi connectivity index (χ1v) is 3.54. The number of anilines is 1. The Labute approximate surface area is 67.9 Å². The van der Waals surface area contributed by atoms with Crippen molar-refractivity contribution in [3.05, 3.63) is 0 Å². The first-order valence-electron chi connectivity index (χ1n) is 3.54. The zero-order chi connectivity index (χ0) is 8.72. The fourth-order valence-electron chi connectivity index (χ4n) is 1.19. The summed E-state index contributed by atoms with van der Waals surface area (Å²) in [5, 5.41) is 13.0. The van der Waals surface area contributed by atoms with Crippen LogP contribution in [0.25, 0.3) is 0 Å². The van der Waals surface area contributed by atoms with Crippen LogP contribution in [0.3, 0.4) is 0 Å². The highest BCUT2D eigenvalue weighted by Crippen LogP contribution is 2.21. The van der Waals surface area contributed by atoms with Gasteiger partial charge in [0.15, 0.2) is 0 Å². The Hall–Kier alpha value is -1.50. The molecule has 0 saturated carbocycles. The summed E-state index contributed by atoms with van der Waals surface area (Å²) in [6.07, 6.45) is 0. The van der Waals surface area contributed by atoms with Crippen LogP contribution in [0.4, 0.5) is 5.95 Å². The van der Waals surface area contributed by atoms with Gasteiger partial charge in [-0.15, -0.1) is 5.10 Å². The van der Waals surface area contributed by atoms with Gasteiger partial charge in [0.25, 0.3) is 5.95 Å². The van der Waals surface area contributed by atoms with E-state index in [0.717, 1.165) is 0 Å². The van der Waals surface area contributed by atoms with Gasteiger partial charge in [-0.25, -0.2) is 0 Å². The summed E-state index contributed by atoms with van der Waals surface area (Å²) in [4.78, 5) is 12.6. The third-order valence-corrected chi connectivity index (χ3v) is 2.00. The van der Waals surface area contributed by atoms with Crippen molar-refractivity contribution in [1.29, 1.82) is 0 Å². The lowest BCUT2D eigenvalue weighted by molar-refractivity contribution is -0.125. The number of H-pyrrole nitrogens is 1. The van der Waals surface area contributed by atoms with Crippen LogP contribution in [0.1, 0.15) is 6.92 Å². The molecule has 2 atom stereocenters. The van der Waals surface area contributed by atoms with Crippen LogP contribution in [-0.2, 0) is 4.79 Å². The molecule has 2 rings (SSSR count). The molecule has 2 heterocycles. The predicted octanol–water partition coefficient (Wildman–Crippen LogP) is -1.74. The Bertz CT molecular complexity index is 295. The molecule has 0 unspecified atom stereocenters. The van der Waals surface area contributed by atoms with Gasteiger partial charge in [-0.3, -0.25) is 9.69 Å². The largest absolute Gasteiger partial charge is 0.318 e. The molecule has 7 nitrogen and oxygen atoms in total. The van der Waals surface area contributed by atoms with Crippen LogP contribution in [0, 0.1) is 0 Å². The first kappa shape index (κ1) is 7.17. The van der Waals surface area contributed by atoms with Gasteiger partial charge in [0.2, 0.25) is 5.91 Å². The molecule has 3 N–H and O–H groups in total. The topological polar surface area (TPSA) is 101 Å². The van der Waals surface area contributed by atoms with Gasteiger partial charge in [0.1, 0.15) is 6.04 Å². The van der Waals surface area contributed by atoms with Crippen molar-refractivity contribution >= 4 is 11.9 Å². The summed E-state index contributed by atoms with van der Waals surface area (Å²) in [5.74, 6) is 0.123. The van der Waals surface area contributed by atoms with Gasteiger partial charge in [-0.05, 0) is 12.1 Å². The highest BCUT2D eigenvalue weighted by atomic mass is 16.2. The van der Waals surface area contributed by atoms with Crippen LogP contribution in [0.2, 0.25) is 0 Å². The smallest absolute Gasteiger partial charge is 0.272 e. The second kappa shape index (κ2) is 2.24. The lowest BCUT2D eigenvalue weighted by Crippen LogP contribution is -2.68. The van der Waals surface area contributed by atoms with E-state index in [0.29, 0.717) is 0 Å². The summed E-state index contributed by atoms with van der Waals surface area (Å²) < 4.78 is 0. The molecule has 1 amide bonds. The summed E-state index contributed by atoms with van der Waals surface area (Å²) in [5.41, 5.74) is 5.48. The Morgan fingerprint density at radius 2 is 2.42 bits per heavy atom. The normalized spacial score (nSPS) is 28.8. The number of nitrogens with zero attached hydrogens (tertiary/aromatic N) is 4. The molecule has 0 radical (unpaired) electrons. The van der Waals surface area contributed by atoms with E-state index in [9.17, 15) is 4.79 Å². The van der Waals surface area contributed by atoms with E-state index in [1.807, 2.05) is 6.92 Å². The summed E-state index contributed by atoms with van der Waals surface area (Å²) >= 11 is 0. The van der Waals surface area contributed by atoms with Crippen LogP contribution >= 0.6 is 0 Å². The Balaban J connectivity index is 2.23. The Morgan fingerprint density at radius 3 is 2.92 bits per heavy atom. The molecule has 0 bridgehead atoms. The third kappa shape index (κ3) is 0.735. The second-order valence-corrected chi connectivity index (χ2v) is 2.69. The summed E-state index contributed by atoms with van der Waals surface area (Å²) in [6, 6.07) is -0.474. The van der Waals surface area contributed by atoms with E-state index in [4.69, 9.17) is 5.73 Å². The van der Waals surface area contributed by atoms with Crippen LogP contribution < -0.4 is 10.6 Å². The fourth-order valence-corrected chi connectivity index (χ4v) is 1.19. The molecular weight excluding hydrogens is 160 g/mol. The van der Waals surface area contributed by atoms with Gasteiger partial charge in [0.05, 0.1) is 6.04 Å². The van der Waals surface area contributed by atoms with Gasteiger partial charge in [0, 0.05) is 0 Å². The Morgan fingerprint density at radius 1 is 1.67 bits per heavy atom. The van der Waals surface area contributed by atoms with Gasteiger partial charge in [-0.1, -0.05) is 5.10 Å². The molecule has 0 aliphatic carbocycles. The number of aromatic nitrogens is 4. The van der Waals surface area contributed by atoms with Crippen LogP contribution in [0.15, 0.2) is 0 Å². The highest BCUT2D eigenvalue weighted by molar-refractivity contribution is 6.03. The molecule has 1 aliphatic rings. The number of carbonyl (C=O) groups excluding carboxylic acids is 1. The molecule has 1 aromatic rings. The van der Waals surface area contributed by atoms with Crippen LogP contribution in [-0.4, -0.2) is 38.6 Å². The van der Waals surface area contributed by atoms with E-state index < -0.39 is 6.04 Å².